The number of aromatic nitrogens is 1. The molecule has 2 aromatic rings. The molecule has 0 saturated heterocycles. The molecule has 2 heterocycles. The van der Waals surface area contributed by atoms with Crippen LogP contribution >= 0.6 is 0 Å². The van der Waals surface area contributed by atoms with Gasteiger partial charge in [0.05, 0.1) is 23.7 Å². The van der Waals surface area contributed by atoms with E-state index in [1.54, 1.807) is 0 Å². The van der Waals surface area contributed by atoms with Crippen molar-refractivity contribution < 1.29 is 24.5 Å². The molecule has 1 amide bonds. The summed E-state index contributed by atoms with van der Waals surface area (Å²) >= 11 is 0. The third kappa shape index (κ3) is 2.30. The molecule has 122 valence electrons. The summed E-state index contributed by atoms with van der Waals surface area (Å²) in [5, 5.41) is 30.2. The highest BCUT2D eigenvalue weighted by atomic mass is 16.5. The normalized spacial score (nSPS) is 12.3. The van der Waals surface area contributed by atoms with Crippen molar-refractivity contribution in [3.05, 3.63) is 33.6 Å². The molecule has 0 saturated carbocycles. The van der Waals surface area contributed by atoms with Gasteiger partial charge >= 0.3 is 5.97 Å². The van der Waals surface area contributed by atoms with Crippen LogP contribution in [0.3, 0.4) is 0 Å². The lowest BCUT2D eigenvalue weighted by molar-refractivity contribution is -0.135. The van der Waals surface area contributed by atoms with Gasteiger partial charge in [-0.3, -0.25) is 14.4 Å². The molecular weight excluding hydrogens is 318 g/mol. The molecule has 3 N–H and O–H groups in total. The fraction of sp³-hybridized carbons (Fsp3) is 0.200. The monoisotopic (exact) mass is 329 g/mol. The van der Waals surface area contributed by atoms with Gasteiger partial charge in [-0.05, 0) is 6.07 Å². The van der Waals surface area contributed by atoms with Crippen molar-refractivity contribution in [3.8, 4) is 17.6 Å². The van der Waals surface area contributed by atoms with E-state index in [4.69, 9.17) is 15.1 Å². The smallest absolute Gasteiger partial charge is 0.322 e. The van der Waals surface area contributed by atoms with Crippen LogP contribution in [0.25, 0.3) is 10.9 Å². The van der Waals surface area contributed by atoms with Crippen molar-refractivity contribution in [3.63, 3.8) is 0 Å². The van der Waals surface area contributed by atoms with Crippen molar-refractivity contribution in [2.24, 2.45) is 0 Å². The molecular formula is C15H11N3O6. The van der Waals surface area contributed by atoms with Gasteiger partial charge in [0.25, 0.3) is 11.5 Å². The number of benzene rings is 1. The maximum Gasteiger partial charge on any atom is 0.322 e. The van der Waals surface area contributed by atoms with Gasteiger partial charge in [0.15, 0.2) is 0 Å². The van der Waals surface area contributed by atoms with E-state index in [1.165, 1.54) is 16.7 Å². The number of aromatic hydroxyl groups is 1. The number of ether oxygens (including phenoxy) is 1. The van der Waals surface area contributed by atoms with Crippen LogP contribution in [0.15, 0.2) is 16.9 Å². The Kier molecular flexibility index (Phi) is 3.57. The molecule has 1 aliphatic rings. The number of aliphatic carboxylic acids is 1. The van der Waals surface area contributed by atoms with Gasteiger partial charge in [-0.25, -0.2) is 0 Å². The summed E-state index contributed by atoms with van der Waals surface area (Å²) in [6.45, 7) is -0.367. The Morgan fingerprint density at radius 1 is 1.42 bits per heavy atom. The number of hydrogen-bond acceptors (Lipinski definition) is 6. The Balaban J connectivity index is 2.29. The zero-order valence-electron chi connectivity index (χ0n) is 12.2. The molecule has 9 heteroatoms. The molecule has 0 spiro atoms. The lowest BCUT2D eigenvalue weighted by Crippen LogP contribution is -2.37. The molecule has 0 unspecified atom stereocenters. The number of carboxylic acids is 1. The van der Waals surface area contributed by atoms with Gasteiger partial charge in [0.2, 0.25) is 0 Å². The van der Waals surface area contributed by atoms with Gasteiger partial charge in [0, 0.05) is 11.5 Å². The minimum atomic E-state index is -1.28. The van der Waals surface area contributed by atoms with Crippen LogP contribution < -0.4 is 15.6 Å². The largest absolute Gasteiger partial charge is 0.506 e. The van der Waals surface area contributed by atoms with Crippen molar-refractivity contribution >= 4 is 22.8 Å². The third-order valence-electron chi connectivity index (χ3n) is 3.62. The first-order valence-corrected chi connectivity index (χ1v) is 6.90. The highest BCUT2D eigenvalue weighted by Crippen LogP contribution is 2.35. The first-order valence-electron chi connectivity index (χ1n) is 6.90. The van der Waals surface area contributed by atoms with Gasteiger partial charge in [-0.2, -0.15) is 5.26 Å². The standard InChI is InChI=1S/C15H11N3O6/c16-5-7-3-8-12-9(4-7)24-2-1-18(12)15(23)11(13(8)21)14(22)17-6-10(19)20/h3-4,21H,1-2,6H2,(H,17,22)(H,19,20). The number of amides is 1. The average Bonchev–Trinajstić information content (AvgIpc) is 2.57. The van der Waals surface area contributed by atoms with Crippen LogP contribution in [0, 0.1) is 11.3 Å². The van der Waals surface area contributed by atoms with Crippen LogP contribution in [-0.4, -0.2) is 39.8 Å². The topological polar surface area (TPSA) is 142 Å². The minimum Gasteiger partial charge on any atom is -0.506 e. The van der Waals surface area contributed by atoms with Gasteiger partial charge in [0.1, 0.15) is 30.2 Å². The number of nitrogens with one attached hydrogen (secondary N) is 1. The van der Waals surface area contributed by atoms with E-state index < -0.39 is 35.3 Å². The Morgan fingerprint density at radius 2 is 2.17 bits per heavy atom. The van der Waals surface area contributed by atoms with Gasteiger partial charge in [-0.15, -0.1) is 0 Å². The van der Waals surface area contributed by atoms with E-state index in [9.17, 15) is 19.5 Å². The van der Waals surface area contributed by atoms with E-state index >= 15 is 0 Å². The van der Waals surface area contributed by atoms with Gasteiger partial charge < -0.3 is 24.8 Å². The predicted octanol–water partition coefficient (Wildman–Crippen LogP) is -0.214. The summed E-state index contributed by atoms with van der Waals surface area (Å²) in [6.07, 6.45) is 0. The first kappa shape index (κ1) is 15.4. The fourth-order valence-corrected chi connectivity index (χ4v) is 2.62. The number of hydrogen-bond donors (Lipinski definition) is 3. The van der Waals surface area contributed by atoms with E-state index in [0.29, 0.717) is 0 Å². The highest BCUT2D eigenvalue weighted by molar-refractivity contribution is 6.04. The van der Waals surface area contributed by atoms with Gasteiger partial charge in [-0.1, -0.05) is 0 Å². The summed E-state index contributed by atoms with van der Waals surface area (Å²) in [5.74, 6) is -2.63. The summed E-state index contributed by atoms with van der Waals surface area (Å²) in [7, 11) is 0. The van der Waals surface area contributed by atoms with Crippen molar-refractivity contribution in [1.82, 2.24) is 9.88 Å². The summed E-state index contributed by atoms with van der Waals surface area (Å²) < 4.78 is 6.70. The van der Waals surface area contributed by atoms with Crippen LogP contribution in [0.2, 0.25) is 0 Å². The van der Waals surface area contributed by atoms with E-state index in [-0.39, 0.29) is 35.4 Å². The molecule has 0 atom stereocenters. The lowest BCUT2D eigenvalue weighted by Gasteiger charge is -2.22. The van der Waals surface area contributed by atoms with Crippen LogP contribution in [0.1, 0.15) is 15.9 Å². The Bertz CT molecular complexity index is 986. The SMILES string of the molecule is N#Cc1cc2c3c(c1)c(O)c(C(=O)NCC(=O)O)c(=O)n3CCO2. The molecule has 0 fully saturated rings. The lowest BCUT2D eigenvalue weighted by atomic mass is 10.0. The second-order valence-corrected chi connectivity index (χ2v) is 5.09. The van der Waals surface area contributed by atoms with Crippen LogP contribution in [0.4, 0.5) is 0 Å². The number of rotatable bonds is 3. The molecule has 1 aromatic carbocycles. The third-order valence-corrected chi connectivity index (χ3v) is 3.62. The number of carbonyl (C=O) groups excluding carboxylic acids is 1. The van der Waals surface area contributed by atoms with Crippen LogP contribution in [-0.2, 0) is 11.3 Å². The molecule has 0 radical (unpaired) electrons. The number of nitriles is 1. The summed E-state index contributed by atoms with van der Waals surface area (Å²) in [5.41, 5.74) is -0.835. The van der Waals surface area contributed by atoms with E-state index in [2.05, 4.69) is 0 Å². The van der Waals surface area contributed by atoms with Crippen molar-refractivity contribution in [2.75, 3.05) is 13.2 Å². The maximum absolute atomic E-state index is 12.5. The molecule has 0 bridgehead atoms. The second kappa shape index (κ2) is 5.58. The molecule has 9 nitrogen and oxygen atoms in total. The number of nitrogens with zero attached hydrogens (tertiary/aromatic N) is 2. The zero-order chi connectivity index (χ0) is 17.4. The maximum atomic E-state index is 12.5. The summed E-state index contributed by atoms with van der Waals surface area (Å²) in [4.78, 5) is 35.2. The number of pyridine rings is 1. The Labute approximate surface area is 134 Å². The van der Waals surface area contributed by atoms with Crippen LogP contribution in [0.5, 0.6) is 11.5 Å². The second-order valence-electron chi connectivity index (χ2n) is 5.09. The number of carbonyl (C=O) groups is 2. The fourth-order valence-electron chi connectivity index (χ4n) is 2.62. The van der Waals surface area contributed by atoms with E-state index in [0.717, 1.165) is 0 Å². The van der Waals surface area contributed by atoms with Crippen molar-refractivity contribution in [2.45, 2.75) is 6.54 Å². The number of carboxylic acid groups (broad SMARTS) is 1. The zero-order valence-corrected chi connectivity index (χ0v) is 12.2. The van der Waals surface area contributed by atoms with E-state index in [1.807, 2.05) is 11.4 Å². The highest BCUT2D eigenvalue weighted by Gasteiger charge is 2.26. The molecule has 1 aliphatic heterocycles. The van der Waals surface area contributed by atoms with Crippen molar-refractivity contribution in [1.29, 1.82) is 5.26 Å². The molecule has 1 aromatic heterocycles. The first-order chi connectivity index (χ1) is 11.4. The summed E-state index contributed by atoms with van der Waals surface area (Å²) in [6, 6.07) is 4.70. The molecule has 24 heavy (non-hydrogen) atoms. The minimum absolute atomic E-state index is 0.115. The molecule has 3 rings (SSSR count). The Morgan fingerprint density at radius 3 is 2.83 bits per heavy atom. The quantitative estimate of drug-likeness (QED) is 0.707. The molecule has 0 aliphatic carbocycles. The average molecular weight is 329 g/mol. The Hall–Kier alpha value is -3.54. The predicted molar refractivity (Wildman–Crippen MR) is 80.1 cm³/mol.